The largest absolute Gasteiger partial charge is 0.339 e. The summed E-state index contributed by atoms with van der Waals surface area (Å²) in [4.78, 5) is 18.2. The number of hydrogen-bond donors (Lipinski definition) is 0. The van der Waals surface area contributed by atoms with Gasteiger partial charge in [0.2, 0.25) is 11.8 Å². The summed E-state index contributed by atoms with van der Waals surface area (Å²) in [6.07, 6.45) is 1.48. The van der Waals surface area contributed by atoms with Crippen LogP contribution in [0.5, 0.6) is 0 Å². The summed E-state index contributed by atoms with van der Waals surface area (Å²) in [7, 11) is 0. The molecule has 0 bridgehead atoms. The van der Waals surface area contributed by atoms with Gasteiger partial charge in [-0.1, -0.05) is 36.3 Å². The normalized spacial score (nSPS) is 18.5. The zero-order valence-electron chi connectivity index (χ0n) is 12.4. The molecular weight excluding hydrogens is 266 g/mol. The zero-order chi connectivity index (χ0) is 14.8. The van der Waals surface area contributed by atoms with Gasteiger partial charge < -0.3 is 9.42 Å². The number of carbonyl (C=O) groups is 1. The molecule has 1 atom stereocenters. The van der Waals surface area contributed by atoms with E-state index in [9.17, 15) is 4.79 Å². The van der Waals surface area contributed by atoms with Crippen molar-refractivity contribution in [3.8, 4) is 0 Å². The first-order valence-corrected chi connectivity index (χ1v) is 7.31. The van der Waals surface area contributed by atoms with Gasteiger partial charge in [0, 0.05) is 19.5 Å². The van der Waals surface area contributed by atoms with Gasteiger partial charge in [0.1, 0.15) is 0 Å². The molecule has 0 N–H and O–H groups in total. The van der Waals surface area contributed by atoms with Crippen molar-refractivity contribution in [3.05, 3.63) is 47.1 Å². The van der Waals surface area contributed by atoms with E-state index in [0.717, 1.165) is 12.0 Å². The topological polar surface area (TPSA) is 59.2 Å². The third-order valence-electron chi connectivity index (χ3n) is 3.91. The number of aromatic nitrogens is 2. The van der Waals surface area contributed by atoms with E-state index in [4.69, 9.17) is 4.52 Å². The molecule has 1 fully saturated rings. The lowest BCUT2D eigenvalue weighted by Crippen LogP contribution is -2.24. The van der Waals surface area contributed by atoms with Crippen molar-refractivity contribution in [2.24, 2.45) is 0 Å². The molecule has 1 amide bonds. The summed E-state index contributed by atoms with van der Waals surface area (Å²) >= 11 is 0. The van der Waals surface area contributed by atoms with Crippen LogP contribution in [0.25, 0.3) is 0 Å². The molecule has 1 saturated heterocycles. The Morgan fingerprint density at radius 3 is 2.62 bits per heavy atom. The van der Waals surface area contributed by atoms with Crippen molar-refractivity contribution in [3.63, 3.8) is 0 Å². The Morgan fingerprint density at radius 2 is 2.00 bits per heavy atom. The maximum Gasteiger partial charge on any atom is 0.232 e. The second kappa shape index (κ2) is 5.68. The maximum absolute atomic E-state index is 12.1. The molecule has 0 radical (unpaired) electrons. The molecule has 2 aromatic rings. The Hall–Kier alpha value is -2.17. The van der Waals surface area contributed by atoms with Crippen LogP contribution in [0.15, 0.2) is 28.8 Å². The average Bonchev–Trinajstić information content (AvgIpc) is 3.07. The fourth-order valence-electron chi connectivity index (χ4n) is 2.67. The van der Waals surface area contributed by atoms with Crippen LogP contribution in [0.2, 0.25) is 0 Å². The number of nitrogens with zero attached hydrogens (tertiary/aromatic N) is 3. The van der Waals surface area contributed by atoms with Gasteiger partial charge >= 0.3 is 0 Å². The van der Waals surface area contributed by atoms with E-state index < -0.39 is 0 Å². The smallest absolute Gasteiger partial charge is 0.232 e. The lowest BCUT2D eigenvalue weighted by molar-refractivity contribution is -0.128. The van der Waals surface area contributed by atoms with E-state index in [0.29, 0.717) is 31.2 Å². The quantitative estimate of drug-likeness (QED) is 0.865. The summed E-state index contributed by atoms with van der Waals surface area (Å²) in [5, 5.41) is 3.80. The lowest BCUT2D eigenvalue weighted by Gasteiger charge is -2.16. The molecule has 0 saturated carbocycles. The van der Waals surface area contributed by atoms with Gasteiger partial charge in [-0.3, -0.25) is 4.79 Å². The summed E-state index contributed by atoms with van der Waals surface area (Å²) in [6.45, 7) is 5.22. The monoisotopic (exact) mass is 285 g/mol. The Labute approximate surface area is 124 Å². The predicted molar refractivity (Wildman–Crippen MR) is 77.6 cm³/mol. The van der Waals surface area contributed by atoms with Crippen molar-refractivity contribution in [2.75, 3.05) is 6.54 Å². The number of amides is 1. The highest BCUT2D eigenvalue weighted by Crippen LogP contribution is 2.28. The Kier molecular flexibility index (Phi) is 3.73. The van der Waals surface area contributed by atoms with Crippen LogP contribution >= 0.6 is 0 Å². The molecule has 5 heteroatoms. The van der Waals surface area contributed by atoms with Gasteiger partial charge in [0.25, 0.3) is 0 Å². The number of hydrogen-bond acceptors (Lipinski definition) is 4. The van der Waals surface area contributed by atoms with Crippen LogP contribution < -0.4 is 0 Å². The first kappa shape index (κ1) is 13.8. The maximum atomic E-state index is 12.1. The van der Waals surface area contributed by atoms with Gasteiger partial charge in [-0.2, -0.15) is 4.98 Å². The number of rotatable bonds is 4. The molecule has 5 nitrogen and oxygen atoms in total. The second-order valence-electron chi connectivity index (χ2n) is 5.53. The zero-order valence-corrected chi connectivity index (χ0v) is 12.4. The van der Waals surface area contributed by atoms with E-state index in [1.807, 2.05) is 4.90 Å². The van der Waals surface area contributed by atoms with Gasteiger partial charge in [-0.05, 0) is 24.5 Å². The van der Waals surface area contributed by atoms with Crippen LogP contribution in [0, 0.1) is 6.92 Å². The van der Waals surface area contributed by atoms with E-state index >= 15 is 0 Å². The van der Waals surface area contributed by atoms with Crippen molar-refractivity contribution in [1.82, 2.24) is 15.0 Å². The van der Waals surface area contributed by atoms with E-state index in [2.05, 4.69) is 41.3 Å². The van der Waals surface area contributed by atoms with Crippen molar-refractivity contribution >= 4 is 5.91 Å². The van der Waals surface area contributed by atoms with Gasteiger partial charge in [-0.15, -0.1) is 0 Å². The minimum absolute atomic E-state index is 0.0219. The molecule has 21 heavy (non-hydrogen) atoms. The summed E-state index contributed by atoms with van der Waals surface area (Å²) < 4.78 is 5.19. The molecular formula is C16H19N3O2. The van der Waals surface area contributed by atoms with Crippen molar-refractivity contribution < 1.29 is 9.32 Å². The summed E-state index contributed by atoms with van der Waals surface area (Å²) in [5.74, 6) is 1.36. The van der Waals surface area contributed by atoms with Crippen LogP contribution in [-0.4, -0.2) is 27.5 Å². The van der Waals surface area contributed by atoms with Crippen LogP contribution in [0.3, 0.4) is 0 Å². The first-order chi connectivity index (χ1) is 10.2. The molecule has 1 aromatic heterocycles. The molecule has 0 aliphatic carbocycles. The number of likely N-dealkylation sites (tertiary alicyclic amines) is 1. The third kappa shape index (κ3) is 2.96. The SMILES string of the molecule is CCc1ccc(CN2CC(c3nc(C)no3)CC2=O)cc1. The van der Waals surface area contributed by atoms with Gasteiger partial charge in [-0.25, -0.2) is 0 Å². The Bertz CT molecular complexity index is 633. The highest BCUT2D eigenvalue weighted by Gasteiger charge is 2.33. The first-order valence-electron chi connectivity index (χ1n) is 7.31. The lowest BCUT2D eigenvalue weighted by atomic mass is 10.1. The Balaban J connectivity index is 1.67. The molecule has 1 aliphatic heterocycles. The van der Waals surface area contributed by atoms with Crippen molar-refractivity contribution in [1.29, 1.82) is 0 Å². The summed E-state index contributed by atoms with van der Waals surface area (Å²) in [5.41, 5.74) is 2.47. The Morgan fingerprint density at radius 1 is 1.29 bits per heavy atom. The van der Waals surface area contributed by atoms with Crippen LogP contribution in [0.4, 0.5) is 0 Å². The molecule has 2 heterocycles. The second-order valence-corrected chi connectivity index (χ2v) is 5.53. The van der Waals surface area contributed by atoms with E-state index in [1.54, 1.807) is 6.92 Å². The molecule has 1 aromatic carbocycles. The number of aryl methyl sites for hydroxylation is 2. The molecule has 1 aliphatic rings. The molecule has 0 spiro atoms. The fourth-order valence-corrected chi connectivity index (χ4v) is 2.67. The number of carbonyl (C=O) groups excluding carboxylic acids is 1. The predicted octanol–water partition coefficient (Wildman–Crippen LogP) is 2.46. The third-order valence-corrected chi connectivity index (χ3v) is 3.91. The van der Waals surface area contributed by atoms with E-state index in [1.165, 1.54) is 5.56 Å². The molecule has 110 valence electrons. The van der Waals surface area contributed by atoms with Crippen LogP contribution in [0.1, 0.15) is 42.1 Å². The van der Waals surface area contributed by atoms with E-state index in [-0.39, 0.29) is 11.8 Å². The minimum Gasteiger partial charge on any atom is -0.339 e. The van der Waals surface area contributed by atoms with Gasteiger partial charge in [0.15, 0.2) is 5.82 Å². The average molecular weight is 285 g/mol. The minimum atomic E-state index is 0.0219. The summed E-state index contributed by atoms with van der Waals surface area (Å²) in [6, 6.07) is 8.43. The molecule has 3 rings (SSSR count). The van der Waals surface area contributed by atoms with Crippen molar-refractivity contribution in [2.45, 2.75) is 39.2 Å². The van der Waals surface area contributed by atoms with Gasteiger partial charge in [0.05, 0.1) is 5.92 Å². The highest BCUT2D eigenvalue weighted by atomic mass is 16.5. The fraction of sp³-hybridized carbons (Fsp3) is 0.438. The van der Waals surface area contributed by atoms with Crippen LogP contribution in [-0.2, 0) is 17.8 Å². The number of benzene rings is 1. The standard InChI is InChI=1S/C16H19N3O2/c1-3-12-4-6-13(7-5-12)9-19-10-14(8-15(19)20)16-17-11(2)18-21-16/h4-7,14H,3,8-10H2,1-2H3. The molecule has 1 unspecified atom stereocenters. The highest BCUT2D eigenvalue weighted by molar-refractivity contribution is 5.79.